The number of rotatable bonds is 6. The smallest absolute Gasteiger partial charge is 0.317 e. The number of hydrogen-bond acceptors (Lipinski definition) is 4. The second-order valence-corrected chi connectivity index (χ2v) is 4.57. The topological polar surface area (TPSA) is 82.5 Å². The fourth-order valence-electron chi connectivity index (χ4n) is 1.35. The summed E-state index contributed by atoms with van der Waals surface area (Å²) in [6.07, 6.45) is 1.36. The van der Waals surface area contributed by atoms with Crippen LogP contribution in [0.3, 0.4) is 0 Å². The molecular formula is C11H13Cl2N3O3. The lowest BCUT2D eigenvalue weighted by Crippen LogP contribution is -2.36. The zero-order valence-electron chi connectivity index (χ0n) is 10.2. The SMILES string of the molecule is CCN(CC(=O)O)CC(=O)Nc1ncc(Cl)cc1Cl. The van der Waals surface area contributed by atoms with Gasteiger partial charge in [0, 0.05) is 6.20 Å². The van der Waals surface area contributed by atoms with Crippen molar-refractivity contribution in [2.24, 2.45) is 0 Å². The molecule has 8 heteroatoms. The highest BCUT2D eigenvalue weighted by atomic mass is 35.5. The van der Waals surface area contributed by atoms with Gasteiger partial charge in [-0.25, -0.2) is 4.98 Å². The van der Waals surface area contributed by atoms with E-state index >= 15 is 0 Å². The van der Waals surface area contributed by atoms with Crippen LogP contribution in [0.1, 0.15) is 6.92 Å². The first-order valence-electron chi connectivity index (χ1n) is 5.47. The lowest BCUT2D eigenvalue weighted by atomic mass is 10.4. The molecule has 0 aliphatic heterocycles. The number of carboxylic acids is 1. The van der Waals surface area contributed by atoms with E-state index in [4.69, 9.17) is 28.3 Å². The minimum Gasteiger partial charge on any atom is -0.480 e. The molecule has 0 fully saturated rings. The average molecular weight is 306 g/mol. The van der Waals surface area contributed by atoms with E-state index in [0.29, 0.717) is 11.6 Å². The van der Waals surface area contributed by atoms with Crippen LogP contribution < -0.4 is 5.32 Å². The molecule has 0 atom stereocenters. The molecule has 6 nitrogen and oxygen atoms in total. The average Bonchev–Trinajstić information content (AvgIpc) is 2.31. The van der Waals surface area contributed by atoms with Gasteiger partial charge in [-0.2, -0.15) is 0 Å². The van der Waals surface area contributed by atoms with E-state index in [1.165, 1.54) is 17.2 Å². The largest absolute Gasteiger partial charge is 0.480 e. The molecule has 0 radical (unpaired) electrons. The number of pyridine rings is 1. The van der Waals surface area contributed by atoms with Crippen LogP contribution >= 0.6 is 23.2 Å². The molecule has 104 valence electrons. The zero-order chi connectivity index (χ0) is 14.4. The van der Waals surface area contributed by atoms with Crippen molar-refractivity contribution < 1.29 is 14.7 Å². The third kappa shape index (κ3) is 5.42. The fourth-order valence-corrected chi connectivity index (χ4v) is 1.78. The Bertz CT molecular complexity index is 482. The number of carbonyl (C=O) groups is 2. The Hall–Kier alpha value is -1.37. The van der Waals surface area contributed by atoms with E-state index in [-0.39, 0.29) is 29.8 Å². The quantitative estimate of drug-likeness (QED) is 0.836. The van der Waals surface area contributed by atoms with Gasteiger partial charge in [-0.15, -0.1) is 0 Å². The normalized spacial score (nSPS) is 10.5. The van der Waals surface area contributed by atoms with E-state index in [1.54, 1.807) is 6.92 Å². The number of hydrogen-bond donors (Lipinski definition) is 2. The van der Waals surface area contributed by atoms with Gasteiger partial charge in [0.25, 0.3) is 0 Å². The molecule has 1 heterocycles. The summed E-state index contributed by atoms with van der Waals surface area (Å²) in [7, 11) is 0. The van der Waals surface area contributed by atoms with Crippen molar-refractivity contribution in [3.8, 4) is 0 Å². The number of anilines is 1. The zero-order valence-corrected chi connectivity index (χ0v) is 11.7. The van der Waals surface area contributed by atoms with Crippen molar-refractivity contribution in [3.63, 3.8) is 0 Å². The molecule has 0 aliphatic rings. The summed E-state index contributed by atoms with van der Waals surface area (Å²) in [6, 6.07) is 1.46. The maximum absolute atomic E-state index is 11.7. The summed E-state index contributed by atoms with van der Waals surface area (Å²) in [5, 5.41) is 11.8. The predicted octanol–water partition coefficient (Wildman–Crippen LogP) is 1.73. The summed E-state index contributed by atoms with van der Waals surface area (Å²) >= 11 is 11.5. The molecule has 1 amide bonds. The maximum atomic E-state index is 11.7. The predicted molar refractivity (Wildman–Crippen MR) is 72.6 cm³/mol. The molecule has 1 aromatic rings. The molecule has 1 rings (SSSR count). The Morgan fingerprint density at radius 1 is 1.42 bits per heavy atom. The number of likely N-dealkylation sites (N-methyl/N-ethyl adjacent to an activating group) is 1. The number of aliphatic carboxylic acids is 1. The van der Waals surface area contributed by atoms with Crippen LogP contribution in [0.15, 0.2) is 12.3 Å². The second-order valence-electron chi connectivity index (χ2n) is 3.73. The summed E-state index contributed by atoms with van der Waals surface area (Å²) in [5.41, 5.74) is 0. The molecule has 0 spiro atoms. The van der Waals surface area contributed by atoms with Gasteiger partial charge in [0.2, 0.25) is 5.91 Å². The van der Waals surface area contributed by atoms with Gasteiger partial charge in [0.1, 0.15) is 0 Å². The molecular weight excluding hydrogens is 293 g/mol. The van der Waals surface area contributed by atoms with Crippen molar-refractivity contribution in [1.29, 1.82) is 0 Å². The first-order chi connectivity index (χ1) is 8.92. The van der Waals surface area contributed by atoms with Crippen LogP contribution in [0.2, 0.25) is 10.0 Å². The molecule has 19 heavy (non-hydrogen) atoms. The molecule has 0 saturated heterocycles. The van der Waals surface area contributed by atoms with Gasteiger partial charge in [-0.3, -0.25) is 14.5 Å². The van der Waals surface area contributed by atoms with Crippen molar-refractivity contribution in [2.45, 2.75) is 6.92 Å². The highest BCUT2D eigenvalue weighted by Gasteiger charge is 2.14. The van der Waals surface area contributed by atoms with Crippen molar-refractivity contribution in [2.75, 3.05) is 25.0 Å². The van der Waals surface area contributed by atoms with E-state index < -0.39 is 5.97 Å². The van der Waals surface area contributed by atoms with E-state index in [9.17, 15) is 9.59 Å². The lowest BCUT2D eigenvalue weighted by Gasteiger charge is -2.17. The van der Waals surface area contributed by atoms with E-state index in [1.807, 2.05) is 0 Å². The first kappa shape index (κ1) is 15.7. The Labute approximate surface area is 120 Å². The van der Waals surface area contributed by atoms with Crippen molar-refractivity contribution in [3.05, 3.63) is 22.3 Å². The van der Waals surface area contributed by atoms with Gasteiger partial charge in [0.05, 0.1) is 23.1 Å². The lowest BCUT2D eigenvalue weighted by molar-refractivity contribution is -0.138. The monoisotopic (exact) mass is 305 g/mol. The molecule has 0 aliphatic carbocycles. The van der Waals surface area contributed by atoms with Crippen LogP contribution in [0.4, 0.5) is 5.82 Å². The van der Waals surface area contributed by atoms with Gasteiger partial charge in [-0.05, 0) is 12.6 Å². The molecule has 0 bridgehead atoms. The first-order valence-corrected chi connectivity index (χ1v) is 6.23. The van der Waals surface area contributed by atoms with Crippen LogP contribution in [-0.4, -0.2) is 46.5 Å². The van der Waals surface area contributed by atoms with Crippen molar-refractivity contribution >= 4 is 40.9 Å². The van der Waals surface area contributed by atoms with Crippen LogP contribution in [0.5, 0.6) is 0 Å². The number of carbonyl (C=O) groups excluding carboxylic acids is 1. The Morgan fingerprint density at radius 2 is 2.11 bits per heavy atom. The Morgan fingerprint density at radius 3 is 2.63 bits per heavy atom. The summed E-state index contributed by atoms with van der Waals surface area (Å²) in [4.78, 5) is 27.7. The highest BCUT2D eigenvalue weighted by molar-refractivity contribution is 6.36. The van der Waals surface area contributed by atoms with Gasteiger partial charge in [-0.1, -0.05) is 30.1 Å². The third-order valence-electron chi connectivity index (χ3n) is 2.24. The Kier molecular flexibility index (Phi) is 6.01. The highest BCUT2D eigenvalue weighted by Crippen LogP contribution is 2.22. The van der Waals surface area contributed by atoms with Gasteiger partial charge >= 0.3 is 5.97 Å². The second kappa shape index (κ2) is 7.28. The summed E-state index contributed by atoms with van der Waals surface area (Å²) < 4.78 is 0. The molecule has 0 unspecified atom stereocenters. The van der Waals surface area contributed by atoms with Crippen LogP contribution in [0, 0.1) is 0 Å². The van der Waals surface area contributed by atoms with Gasteiger partial charge in [0.15, 0.2) is 5.82 Å². The molecule has 2 N–H and O–H groups in total. The number of amides is 1. The van der Waals surface area contributed by atoms with E-state index in [0.717, 1.165) is 0 Å². The van der Waals surface area contributed by atoms with Crippen molar-refractivity contribution in [1.82, 2.24) is 9.88 Å². The number of nitrogens with one attached hydrogen (secondary N) is 1. The molecule has 0 saturated carbocycles. The number of halogens is 2. The van der Waals surface area contributed by atoms with Gasteiger partial charge < -0.3 is 10.4 Å². The Balaban J connectivity index is 2.61. The summed E-state index contributed by atoms with van der Waals surface area (Å²) in [6.45, 7) is 1.96. The maximum Gasteiger partial charge on any atom is 0.317 e. The molecule has 0 aromatic carbocycles. The van der Waals surface area contributed by atoms with Crippen LogP contribution in [0.25, 0.3) is 0 Å². The number of aromatic nitrogens is 1. The molecule has 1 aromatic heterocycles. The fraction of sp³-hybridized carbons (Fsp3) is 0.364. The third-order valence-corrected chi connectivity index (χ3v) is 2.73. The minimum absolute atomic E-state index is 0.0521. The van der Waals surface area contributed by atoms with Crippen LogP contribution in [-0.2, 0) is 9.59 Å². The minimum atomic E-state index is -0.989. The summed E-state index contributed by atoms with van der Waals surface area (Å²) in [5.74, 6) is -1.18. The number of nitrogens with zero attached hydrogens (tertiary/aromatic N) is 2. The van der Waals surface area contributed by atoms with E-state index in [2.05, 4.69) is 10.3 Å². The standard InChI is InChI=1S/C11H13Cl2N3O3/c1-2-16(6-10(18)19)5-9(17)15-11-8(13)3-7(12)4-14-11/h3-4H,2,5-6H2,1H3,(H,18,19)(H,14,15,17). The number of carboxylic acid groups (broad SMARTS) is 1.